The molecule has 1 aliphatic heterocycles. The molecule has 0 aromatic heterocycles. The molecule has 4 atom stereocenters. The van der Waals surface area contributed by atoms with Crippen LogP contribution in [-0.4, -0.2) is 59.4 Å². The Bertz CT molecular complexity index is 510. The van der Waals surface area contributed by atoms with Gasteiger partial charge in [0.25, 0.3) is 0 Å². The number of ether oxygens (including phenoxy) is 4. The van der Waals surface area contributed by atoms with Gasteiger partial charge in [0.1, 0.15) is 0 Å². The van der Waals surface area contributed by atoms with Crippen molar-refractivity contribution in [1.29, 1.82) is 0 Å². The maximum atomic E-state index is 11.8. The quantitative estimate of drug-likeness (QED) is 0.495. The van der Waals surface area contributed by atoms with E-state index in [-0.39, 0.29) is 0 Å². The van der Waals surface area contributed by atoms with Crippen molar-refractivity contribution < 1.29 is 48.0 Å². The number of hydrogen-bond acceptors (Lipinski definition) is 9. The lowest BCUT2D eigenvalue weighted by Crippen LogP contribution is -2.61. The molecule has 0 amide bonds. The van der Waals surface area contributed by atoms with Crippen LogP contribution in [0.25, 0.3) is 0 Å². The number of carbonyl (C=O) groups is 5. The van der Waals surface area contributed by atoms with Crippen molar-refractivity contribution in [3.63, 3.8) is 0 Å². The van der Waals surface area contributed by atoms with E-state index in [1.54, 1.807) is 0 Å². The van der Waals surface area contributed by atoms with Gasteiger partial charge in [0.2, 0.25) is 12.2 Å². The number of carboxylic acid groups (broad SMARTS) is 1. The van der Waals surface area contributed by atoms with Gasteiger partial charge in [-0.15, -0.1) is 0 Å². The summed E-state index contributed by atoms with van der Waals surface area (Å²) in [6.45, 7) is 2.97. The summed E-state index contributed by atoms with van der Waals surface area (Å²) >= 11 is 0. The highest BCUT2D eigenvalue weighted by Gasteiger charge is 2.54. The average Bonchev–Trinajstić information content (AvgIpc) is 2.34. The summed E-state index contributed by atoms with van der Waals surface area (Å²) in [6, 6.07) is 0. The first kappa shape index (κ1) is 17.4. The van der Waals surface area contributed by atoms with Crippen molar-refractivity contribution >= 4 is 29.8 Å². The van der Waals surface area contributed by atoms with Crippen LogP contribution in [-0.2, 0) is 42.9 Å². The van der Waals surface area contributed by atoms with Crippen molar-refractivity contribution in [1.82, 2.24) is 0 Å². The van der Waals surface area contributed by atoms with Crippen LogP contribution >= 0.6 is 0 Å². The Morgan fingerprint density at radius 1 is 0.909 bits per heavy atom. The first-order chi connectivity index (χ1) is 10.1. The highest BCUT2D eigenvalue weighted by molar-refractivity contribution is 5.86. The smallest absolute Gasteiger partial charge is 0.352 e. The van der Waals surface area contributed by atoms with Crippen LogP contribution in [0, 0.1) is 0 Å². The second-order valence-electron chi connectivity index (χ2n) is 4.37. The lowest BCUT2D eigenvalue weighted by atomic mass is 9.98. The summed E-state index contributed by atoms with van der Waals surface area (Å²) in [4.78, 5) is 56.2. The Kier molecular flexibility index (Phi) is 5.44. The number of cyclic esters (lactones) is 1. The molecule has 0 saturated carbocycles. The van der Waals surface area contributed by atoms with Crippen LogP contribution in [0.1, 0.15) is 20.8 Å². The molecule has 1 aliphatic rings. The van der Waals surface area contributed by atoms with Gasteiger partial charge < -0.3 is 24.1 Å². The topological polar surface area (TPSA) is 143 Å². The zero-order valence-corrected chi connectivity index (χ0v) is 11.9. The fourth-order valence-electron chi connectivity index (χ4n) is 1.86. The minimum atomic E-state index is -1.90. The second-order valence-corrected chi connectivity index (χ2v) is 4.37. The molecule has 1 heterocycles. The first-order valence-electron chi connectivity index (χ1n) is 6.08. The maximum Gasteiger partial charge on any atom is 0.352 e. The lowest BCUT2D eigenvalue weighted by Gasteiger charge is -2.37. The van der Waals surface area contributed by atoms with Crippen molar-refractivity contribution in [3.05, 3.63) is 0 Å². The molecule has 0 spiro atoms. The fraction of sp³-hybridized carbons (Fsp3) is 0.583. The molecule has 10 nitrogen and oxygen atoms in total. The monoisotopic (exact) mass is 318 g/mol. The van der Waals surface area contributed by atoms with Crippen LogP contribution in [0.4, 0.5) is 0 Å². The largest absolute Gasteiger partial charge is 0.478 e. The van der Waals surface area contributed by atoms with Crippen molar-refractivity contribution in [2.75, 3.05) is 0 Å². The van der Waals surface area contributed by atoms with E-state index in [1.807, 2.05) is 0 Å². The summed E-state index contributed by atoms with van der Waals surface area (Å²) in [5.41, 5.74) is 0. The van der Waals surface area contributed by atoms with Crippen molar-refractivity contribution in [3.8, 4) is 0 Å². The number of aliphatic carboxylic acids is 1. The highest BCUT2D eigenvalue weighted by Crippen LogP contribution is 2.25. The minimum absolute atomic E-state index is 0.891. The van der Waals surface area contributed by atoms with Crippen LogP contribution in [0.15, 0.2) is 0 Å². The van der Waals surface area contributed by atoms with Gasteiger partial charge in [-0.3, -0.25) is 14.4 Å². The SMILES string of the molecule is CC(=O)OC1C(=O)OC(C(=O)O)C(OC(C)=O)C1OC(C)=O. The van der Waals surface area contributed by atoms with E-state index >= 15 is 0 Å². The van der Waals surface area contributed by atoms with Gasteiger partial charge >= 0.3 is 29.8 Å². The molecule has 22 heavy (non-hydrogen) atoms. The molecule has 1 fully saturated rings. The Morgan fingerprint density at radius 2 is 1.36 bits per heavy atom. The van der Waals surface area contributed by atoms with Gasteiger partial charge in [-0.25, -0.2) is 9.59 Å². The Morgan fingerprint density at radius 3 is 1.77 bits per heavy atom. The van der Waals surface area contributed by atoms with E-state index in [2.05, 4.69) is 9.47 Å². The predicted octanol–water partition coefficient (Wildman–Crippen LogP) is -1.21. The van der Waals surface area contributed by atoms with Crippen molar-refractivity contribution in [2.24, 2.45) is 0 Å². The molecule has 0 bridgehead atoms. The summed E-state index contributed by atoms with van der Waals surface area (Å²) < 4.78 is 18.9. The number of hydrogen-bond donors (Lipinski definition) is 1. The summed E-state index contributed by atoms with van der Waals surface area (Å²) in [5, 5.41) is 9.04. The van der Waals surface area contributed by atoms with Gasteiger partial charge in [-0.2, -0.15) is 0 Å². The number of carbonyl (C=O) groups excluding carboxylic acids is 4. The molecule has 1 rings (SSSR count). The maximum absolute atomic E-state index is 11.8. The van der Waals surface area contributed by atoms with Crippen LogP contribution in [0.5, 0.6) is 0 Å². The number of rotatable bonds is 4. The zero-order chi connectivity index (χ0) is 17.0. The zero-order valence-electron chi connectivity index (χ0n) is 11.9. The lowest BCUT2D eigenvalue weighted by molar-refractivity contribution is -0.227. The first-order valence-corrected chi connectivity index (χ1v) is 6.08. The van der Waals surface area contributed by atoms with Gasteiger partial charge in [-0.05, 0) is 0 Å². The molecular formula is C12H14O10. The molecule has 1 N–H and O–H groups in total. The fourth-order valence-corrected chi connectivity index (χ4v) is 1.86. The molecule has 10 heteroatoms. The third-order valence-electron chi connectivity index (χ3n) is 2.54. The Hall–Kier alpha value is -2.65. The van der Waals surface area contributed by atoms with E-state index in [1.165, 1.54) is 0 Å². The molecule has 0 aromatic rings. The number of esters is 4. The summed E-state index contributed by atoms with van der Waals surface area (Å²) in [7, 11) is 0. The van der Waals surface area contributed by atoms with E-state index in [0.29, 0.717) is 0 Å². The van der Waals surface area contributed by atoms with E-state index in [0.717, 1.165) is 20.8 Å². The molecule has 122 valence electrons. The molecule has 1 saturated heterocycles. The third kappa shape index (κ3) is 4.17. The van der Waals surface area contributed by atoms with Gasteiger partial charge in [0.05, 0.1) is 0 Å². The van der Waals surface area contributed by atoms with Gasteiger partial charge in [0, 0.05) is 20.8 Å². The number of carboxylic acids is 1. The van der Waals surface area contributed by atoms with Gasteiger partial charge in [0.15, 0.2) is 12.2 Å². The molecule has 0 radical (unpaired) electrons. The van der Waals surface area contributed by atoms with Crippen molar-refractivity contribution in [2.45, 2.75) is 45.2 Å². The average molecular weight is 318 g/mol. The molecular weight excluding hydrogens is 304 g/mol. The Balaban J connectivity index is 3.21. The van der Waals surface area contributed by atoms with E-state index < -0.39 is 54.3 Å². The van der Waals surface area contributed by atoms with Crippen LogP contribution in [0.3, 0.4) is 0 Å². The second kappa shape index (κ2) is 6.87. The standard InChI is InChI=1S/C12H14O10/c1-4(13)19-7-8(20-5(2)14)10(21-6(3)15)12(18)22-9(7)11(16)17/h7-10H,1-3H3,(H,16,17). The van der Waals surface area contributed by atoms with E-state index in [4.69, 9.17) is 14.6 Å². The normalized spacial score (nSPS) is 27.3. The van der Waals surface area contributed by atoms with Crippen LogP contribution < -0.4 is 0 Å². The minimum Gasteiger partial charge on any atom is -0.478 e. The van der Waals surface area contributed by atoms with E-state index in [9.17, 15) is 24.0 Å². The Labute approximate surface area is 124 Å². The summed E-state index contributed by atoms with van der Waals surface area (Å²) in [6.07, 6.45) is -6.91. The molecule has 0 aromatic carbocycles. The molecule has 4 unspecified atom stereocenters. The van der Waals surface area contributed by atoms with Gasteiger partial charge in [-0.1, -0.05) is 0 Å². The highest BCUT2D eigenvalue weighted by atomic mass is 16.7. The predicted molar refractivity (Wildman–Crippen MR) is 64.2 cm³/mol. The summed E-state index contributed by atoms with van der Waals surface area (Å²) in [5.74, 6) is -5.52. The third-order valence-corrected chi connectivity index (χ3v) is 2.54. The molecule has 0 aliphatic carbocycles. The van der Waals surface area contributed by atoms with Crippen LogP contribution in [0.2, 0.25) is 0 Å².